The summed E-state index contributed by atoms with van der Waals surface area (Å²) in [6.07, 6.45) is 0. The first-order chi connectivity index (χ1) is 9.13. The van der Waals surface area contributed by atoms with Crippen molar-refractivity contribution in [1.29, 1.82) is 0 Å². The molecule has 0 aliphatic carbocycles. The van der Waals surface area contributed by atoms with Crippen molar-refractivity contribution in [3.63, 3.8) is 0 Å². The van der Waals surface area contributed by atoms with Crippen molar-refractivity contribution in [2.75, 3.05) is 0 Å². The van der Waals surface area contributed by atoms with E-state index < -0.39 is 0 Å². The van der Waals surface area contributed by atoms with Crippen LogP contribution in [0.1, 0.15) is 5.89 Å². The Morgan fingerprint density at radius 3 is 2.58 bits per heavy atom. The first-order valence-corrected chi connectivity index (χ1v) is 6.59. The molecule has 3 rings (SSSR count). The molecule has 0 bridgehead atoms. The van der Waals surface area contributed by atoms with Gasteiger partial charge >= 0.3 is 0 Å². The number of aromatic hydroxyl groups is 1. The highest BCUT2D eigenvalue weighted by atomic mass is 35.5. The highest BCUT2D eigenvalue weighted by Crippen LogP contribution is 2.38. The van der Waals surface area contributed by atoms with Crippen LogP contribution in [0.25, 0.3) is 21.3 Å². The maximum atomic E-state index is 9.86. The summed E-state index contributed by atoms with van der Waals surface area (Å²) in [6, 6.07) is 7.21. The average Bonchev–Trinajstić information content (AvgIpc) is 2.96. The third kappa shape index (κ3) is 2.32. The maximum Gasteiger partial charge on any atom is 0.263 e. The Labute approximate surface area is 117 Å². The fourth-order valence-electron chi connectivity index (χ4n) is 1.56. The van der Waals surface area contributed by atoms with E-state index in [4.69, 9.17) is 16.0 Å². The lowest BCUT2D eigenvalue weighted by Crippen LogP contribution is -1.74. The number of nitrogens with zero attached hydrogens (tertiary/aromatic N) is 3. The Morgan fingerprint density at radius 1 is 1.21 bits per heavy atom. The highest BCUT2D eigenvalue weighted by molar-refractivity contribution is 7.18. The molecule has 7 heteroatoms. The van der Waals surface area contributed by atoms with Gasteiger partial charge < -0.3 is 9.52 Å². The van der Waals surface area contributed by atoms with Crippen LogP contribution in [-0.4, -0.2) is 20.3 Å². The van der Waals surface area contributed by atoms with Crippen molar-refractivity contribution < 1.29 is 9.52 Å². The summed E-state index contributed by atoms with van der Waals surface area (Å²) in [6.45, 7) is 1.69. The van der Waals surface area contributed by atoms with E-state index in [0.29, 0.717) is 20.8 Å². The minimum absolute atomic E-state index is 0.112. The number of aromatic nitrogens is 3. The molecule has 5 nitrogen and oxygen atoms in total. The fraction of sp³-hybridized carbons (Fsp3) is 0.0833. The Kier molecular flexibility index (Phi) is 2.96. The van der Waals surface area contributed by atoms with Gasteiger partial charge in [-0.05, 0) is 12.1 Å². The molecular weight excluding hydrogens is 286 g/mol. The summed E-state index contributed by atoms with van der Waals surface area (Å²) in [5.74, 6) is 0.599. The van der Waals surface area contributed by atoms with E-state index in [9.17, 15) is 5.11 Å². The molecule has 0 unspecified atom stereocenters. The van der Waals surface area contributed by atoms with Crippen molar-refractivity contribution in [2.45, 2.75) is 6.92 Å². The van der Waals surface area contributed by atoms with Crippen LogP contribution in [0, 0.1) is 6.92 Å². The lowest BCUT2D eigenvalue weighted by molar-refractivity contribution is 0.455. The number of hydrogen-bond acceptors (Lipinski definition) is 6. The van der Waals surface area contributed by atoms with Crippen molar-refractivity contribution in [3.05, 3.63) is 35.2 Å². The lowest BCUT2D eigenvalue weighted by Gasteiger charge is -1.94. The van der Waals surface area contributed by atoms with E-state index in [-0.39, 0.29) is 11.8 Å². The maximum absolute atomic E-state index is 9.86. The Hall–Kier alpha value is -1.92. The standard InChI is InChI=1S/C12H8ClN3O2S/c1-6-15-16-11(18-6)9-10(17)14-12(19-9)7-2-4-8(13)5-3-7/h2-5,17H,1H3. The zero-order chi connectivity index (χ0) is 13.4. The highest BCUT2D eigenvalue weighted by Gasteiger charge is 2.18. The predicted octanol–water partition coefficient (Wildman–Crippen LogP) is 3.53. The summed E-state index contributed by atoms with van der Waals surface area (Å²) in [7, 11) is 0. The summed E-state index contributed by atoms with van der Waals surface area (Å²) in [5, 5.41) is 18.8. The molecule has 0 saturated carbocycles. The third-order valence-corrected chi connectivity index (χ3v) is 3.75. The smallest absolute Gasteiger partial charge is 0.263 e. The van der Waals surface area contributed by atoms with Crippen molar-refractivity contribution >= 4 is 22.9 Å². The van der Waals surface area contributed by atoms with Gasteiger partial charge in [0.2, 0.25) is 11.8 Å². The molecule has 19 heavy (non-hydrogen) atoms. The van der Waals surface area contributed by atoms with Crippen LogP contribution in [0.3, 0.4) is 0 Å². The Morgan fingerprint density at radius 2 is 1.95 bits per heavy atom. The van der Waals surface area contributed by atoms with Gasteiger partial charge in [0, 0.05) is 17.5 Å². The Bertz CT molecular complexity index is 721. The molecule has 0 aliphatic rings. The van der Waals surface area contributed by atoms with Crippen LogP contribution in [0.15, 0.2) is 28.7 Å². The molecule has 0 radical (unpaired) electrons. The van der Waals surface area contributed by atoms with Crippen LogP contribution in [0.4, 0.5) is 0 Å². The molecule has 1 N–H and O–H groups in total. The molecule has 0 fully saturated rings. The number of benzene rings is 1. The number of thiazole rings is 1. The molecule has 0 aliphatic heterocycles. The largest absolute Gasteiger partial charge is 0.492 e. The third-order valence-electron chi connectivity index (χ3n) is 2.42. The zero-order valence-electron chi connectivity index (χ0n) is 9.79. The van der Waals surface area contributed by atoms with Crippen LogP contribution < -0.4 is 0 Å². The van der Waals surface area contributed by atoms with Crippen LogP contribution in [0.2, 0.25) is 5.02 Å². The second-order valence-corrected chi connectivity index (χ2v) is 5.24. The Balaban J connectivity index is 2.04. The molecule has 0 saturated heterocycles. The predicted molar refractivity (Wildman–Crippen MR) is 72.3 cm³/mol. The van der Waals surface area contributed by atoms with E-state index in [1.807, 2.05) is 12.1 Å². The van der Waals surface area contributed by atoms with Gasteiger partial charge in [0.15, 0.2) is 4.88 Å². The molecule has 2 aromatic heterocycles. The SMILES string of the molecule is Cc1nnc(-c2sc(-c3ccc(Cl)cc3)nc2O)o1. The van der Waals surface area contributed by atoms with E-state index in [2.05, 4.69) is 15.2 Å². The van der Waals surface area contributed by atoms with E-state index in [1.165, 1.54) is 11.3 Å². The van der Waals surface area contributed by atoms with Gasteiger partial charge in [0.05, 0.1) is 0 Å². The summed E-state index contributed by atoms with van der Waals surface area (Å²) in [4.78, 5) is 4.56. The molecule has 0 amide bonds. The summed E-state index contributed by atoms with van der Waals surface area (Å²) < 4.78 is 5.29. The van der Waals surface area contributed by atoms with Crippen LogP contribution >= 0.6 is 22.9 Å². The molecule has 1 aromatic carbocycles. The number of halogens is 1. The molecule has 0 spiro atoms. The van der Waals surface area contributed by atoms with Crippen LogP contribution in [0.5, 0.6) is 5.88 Å². The van der Waals surface area contributed by atoms with Gasteiger partial charge in [-0.1, -0.05) is 23.7 Å². The van der Waals surface area contributed by atoms with E-state index >= 15 is 0 Å². The minimum Gasteiger partial charge on any atom is -0.492 e. The normalized spacial score (nSPS) is 10.8. The second kappa shape index (κ2) is 4.64. The van der Waals surface area contributed by atoms with Gasteiger partial charge in [-0.25, -0.2) is 4.98 Å². The van der Waals surface area contributed by atoms with E-state index in [1.54, 1.807) is 19.1 Å². The lowest BCUT2D eigenvalue weighted by atomic mass is 10.2. The molecule has 2 heterocycles. The topological polar surface area (TPSA) is 72.0 Å². The van der Waals surface area contributed by atoms with Gasteiger partial charge in [-0.2, -0.15) is 0 Å². The average molecular weight is 294 g/mol. The number of aryl methyl sites for hydroxylation is 1. The number of hydrogen-bond donors (Lipinski definition) is 1. The van der Waals surface area contributed by atoms with Crippen molar-refractivity contribution in [2.24, 2.45) is 0 Å². The number of rotatable bonds is 2. The monoisotopic (exact) mass is 293 g/mol. The minimum atomic E-state index is -0.112. The quantitative estimate of drug-likeness (QED) is 0.782. The first-order valence-electron chi connectivity index (χ1n) is 5.39. The zero-order valence-corrected chi connectivity index (χ0v) is 11.4. The second-order valence-electron chi connectivity index (χ2n) is 3.80. The van der Waals surface area contributed by atoms with E-state index in [0.717, 1.165) is 5.56 Å². The van der Waals surface area contributed by atoms with Crippen molar-refractivity contribution in [1.82, 2.24) is 15.2 Å². The molecule has 0 atom stereocenters. The first kappa shape index (κ1) is 12.1. The molecular formula is C12H8ClN3O2S. The van der Waals surface area contributed by atoms with Crippen LogP contribution in [-0.2, 0) is 0 Å². The van der Waals surface area contributed by atoms with Gasteiger partial charge in [0.1, 0.15) is 5.01 Å². The fourth-order valence-corrected chi connectivity index (χ4v) is 2.57. The molecule has 3 aromatic rings. The summed E-state index contributed by atoms with van der Waals surface area (Å²) in [5.41, 5.74) is 0.868. The van der Waals surface area contributed by atoms with Crippen molar-refractivity contribution in [3.8, 4) is 27.2 Å². The van der Waals surface area contributed by atoms with Gasteiger partial charge in [-0.3, -0.25) is 0 Å². The molecule has 96 valence electrons. The van der Waals surface area contributed by atoms with Gasteiger partial charge in [-0.15, -0.1) is 21.5 Å². The van der Waals surface area contributed by atoms with Gasteiger partial charge in [0.25, 0.3) is 5.89 Å². The summed E-state index contributed by atoms with van der Waals surface area (Å²) >= 11 is 7.12.